The van der Waals surface area contributed by atoms with E-state index < -0.39 is 12.2 Å². The standard InChI is InChI=1S/C11H15F3N2/c1-16(2)7-8-4-3-5-9(6-8)10(15)11(12,13)14/h3-6,10H,7,15H2,1-2H3/t10-/m0/s1. The Balaban J connectivity index is 2.90. The number of nitrogens with zero attached hydrogens (tertiary/aromatic N) is 1. The normalized spacial score (nSPS) is 14.2. The summed E-state index contributed by atoms with van der Waals surface area (Å²) in [7, 11) is 3.72. The lowest BCUT2D eigenvalue weighted by molar-refractivity contribution is -0.149. The van der Waals surface area contributed by atoms with Crippen molar-refractivity contribution in [2.45, 2.75) is 18.8 Å². The molecule has 0 saturated heterocycles. The van der Waals surface area contributed by atoms with Gasteiger partial charge >= 0.3 is 6.18 Å². The summed E-state index contributed by atoms with van der Waals surface area (Å²) < 4.78 is 37.2. The van der Waals surface area contributed by atoms with Crippen LogP contribution in [0.5, 0.6) is 0 Å². The van der Waals surface area contributed by atoms with Gasteiger partial charge in [0.1, 0.15) is 6.04 Å². The van der Waals surface area contributed by atoms with Crippen LogP contribution in [0.1, 0.15) is 17.2 Å². The van der Waals surface area contributed by atoms with Crippen molar-refractivity contribution in [3.05, 3.63) is 35.4 Å². The van der Waals surface area contributed by atoms with E-state index in [-0.39, 0.29) is 5.56 Å². The van der Waals surface area contributed by atoms with Crippen molar-refractivity contribution in [3.8, 4) is 0 Å². The molecule has 0 saturated carbocycles. The van der Waals surface area contributed by atoms with Crippen LogP contribution in [0.25, 0.3) is 0 Å². The number of benzene rings is 1. The lowest BCUT2D eigenvalue weighted by Gasteiger charge is -2.17. The van der Waals surface area contributed by atoms with Gasteiger partial charge in [0.25, 0.3) is 0 Å². The molecule has 0 aliphatic rings. The van der Waals surface area contributed by atoms with E-state index in [0.29, 0.717) is 6.54 Å². The number of halogens is 3. The van der Waals surface area contributed by atoms with E-state index in [1.54, 1.807) is 12.1 Å². The molecule has 0 bridgehead atoms. The molecule has 0 radical (unpaired) electrons. The van der Waals surface area contributed by atoms with E-state index >= 15 is 0 Å². The largest absolute Gasteiger partial charge is 0.407 e. The second kappa shape index (κ2) is 4.84. The molecule has 0 aliphatic heterocycles. The van der Waals surface area contributed by atoms with Gasteiger partial charge in [-0.1, -0.05) is 24.3 Å². The monoisotopic (exact) mass is 232 g/mol. The summed E-state index contributed by atoms with van der Waals surface area (Å²) in [6, 6.07) is 4.37. The lowest BCUT2D eigenvalue weighted by Crippen LogP contribution is -2.28. The van der Waals surface area contributed by atoms with Crippen LogP contribution in [0.4, 0.5) is 13.2 Å². The van der Waals surface area contributed by atoms with Crippen LogP contribution in [0.3, 0.4) is 0 Å². The molecule has 0 aliphatic carbocycles. The highest BCUT2D eigenvalue weighted by molar-refractivity contribution is 5.26. The van der Waals surface area contributed by atoms with Crippen molar-refractivity contribution < 1.29 is 13.2 Å². The minimum Gasteiger partial charge on any atom is -0.316 e. The van der Waals surface area contributed by atoms with Gasteiger partial charge in [-0.05, 0) is 25.2 Å². The number of alkyl halides is 3. The fourth-order valence-electron chi connectivity index (χ4n) is 1.44. The molecule has 2 N–H and O–H groups in total. The Kier molecular flexibility index (Phi) is 3.93. The van der Waals surface area contributed by atoms with Gasteiger partial charge in [0, 0.05) is 6.54 Å². The fraction of sp³-hybridized carbons (Fsp3) is 0.455. The molecule has 1 aromatic carbocycles. The third-order valence-corrected chi connectivity index (χ3v) is 2.16. The Labute approximate surface area is 92.9 Å². The lowest BCUT2D eigenvalue weighted by atomic mass is 10.0. The molecule has 1 rings (SSSR count). The van der Waals surface area contributed by atoms with Crippen LogP contribution in [0.2, 0.25) is 0 Å². The van der Waals surface area contributed by atoms with Crippen LogP contribution in [-0.2, 0) is 6.54 Å². The average Bonchev–Trinajstić information content (AvgIpc) is 2.14. The molecular weight excluding hydrogens is 217 g/mol. The van der Waals surface area contributed by atoms with Crippen molar-refractivity contribution >= 4 is 0 Å². The third kappa shape index (κ3) is 3.50. The molecule has 0 amide bonds. The number of hydrogen-bond acceptors (Lipinski definition) is 2. The van der Waals surface area contributed by atoms with Crippen molar-refractivity contribution in [2.24, 2.45) is 5.73 Å². The van der Waals surface area contributed by atoms with E-state index in [1.807, 2.05) is 19.0 Å². The zero-order valence-corrected chi connectivity index (χ0v) is 9.25. The maximum Gasteiger partial charge on any atom is 0.407 e. The smallest absolute Gasteiger partial charge is 0.316 e. The molecule has 0 aromatic heterocycles. The van der Waals surface area contributed by atoms with E-state index in [1.165, 1.54) is 12.1 Å². The maximum atomic E-state index is 12.4. The molecule has 1 atom stereocenters. The molecule has 0 spiro atoms. The van der Waals surface area contributed by atoms with E-state index in [2.05, 4.69) is 0 Å². The van der Waals surface area contributed by atoms with Gasteiger partial charge in [-0.25, -0.2) is 0 Å². The molecule has 1 aromatic rings. The number of hydrogen-bond donors (Lipinski definition) is 1. The van der Waals surface area contributed by atoms with Gasteiger partial charge in [0.05, 0.1) is 0 Å². The summed E-state index contributed by atoms with van der Waals surface area (Å²) in [6.07, 6.45) is -4.39. The summed E-state index contributed by atoms with van der Waals surface area (Å²) >= 11 is 0. The van der Waals surface area contributed by atoms with Crippen LogP contribution in [-0.4, -0.2) is 25.2 Å². The van der Waals surface area contributed by atoms with Crippen LogP contribution in [0, 0.1) is 0 Å². The molecule has 90 valence electrons. The number of nitrogens with two attached hydrogens (primary N) is 1. The first kappa shape index (κ1) is 13.0. The summed E-state index contributed by atoms with van der Waals surface area (Å²) in [4.78, 5) is 1.89. The Morgan fingerprint density at radius 2 is 1.94 bits per heavy atom. The summed E-state index contributed by atoms with van der Waals surface area (Å²) in [5, 5.41) is 0. The topological polar surface area (TPSA) is 29.3 Å². The van der Waals surface area contributed by atoms with Gasteiger partial charge in [0.2, 0.25) is 0 Å². The molecule has 16 heavy (non-hydrogen) atoms. The van der Waals surface area contributed by atoms with Crippen molar-refractivity contribution in [3.63, 3.8) is 0 Å². The summed E-state index contributed by atoms with van der Waals surface area (Å²) in [6.45, 7) is 0.596. The highest BCUT2D eigenvalue weighted by Gasteiger charge is 2.37. The van der Waals surface area contributed by atoms with Gasteiger partial charge in [-0.3, -0.25) is 0 Å². The van der Waals surface area contributed by atoms with Crippen LogP contribution >= 0.6 is 0 Å². The predicted molar refractivity (Wildman–Crippen MR) is 56.8 cm³/mol. The summed E-state index contributed by atoms with van der Waals surface area (Å²) in [5.41, 5.74) is 6.06. The number of rotatable bonds is 3. The van der Waals surface area contributed by atoms with Gasteiger partial charge in [-0.15, -0.1) is 0 Å². The van der Waals surface area contributed by atoms with Crippen LogP contribution < -0.4 is 5.73 Å². The molecule has 5 heteroatoms. The van der Waals surface area contributed by atoms with E-state index in [4.69, 9.17) is 5.73 Å². The first-order valence-corrected chi connectivity index (χ1v) is 4.86. The molecule has 0 heterocycles. The highest BCUT2D eigenvalue weighted by Crippen LogP contribution is 2.30. The Morgan fingerprint density at radius 1 is 1.31 bits per heavy atom. The van der Waals surface area contributed by atoms with Gasteiger partial charge in [0.15, 0.2) is 0 Å². The second-order valence-electron chi connectivity index (χ2n) is 4.00. The van der Waals surface area contributed by atoms with Gasteiger partial charge in [-0.2, -0.15) is 13.2 Å². The molecule has 2 nitrogen and oxygen atoms in total. The Morgan fingerprint density at radius 3 is 2.44 bits per heavy atom. The predicted octanol–water partition coefficient (Wildman–Crippen LogP) is 2.31. The molecular formula is C11H15F3N2. The fourth-order valence-corrected chi connectivity index (χ4v) is 1.44. The highest BCUT2D eigenvalue weighted by atomic mass is 19.4. The second-order valence-corrected chi connectivity index (χ2v) is 4.00. The van der Waals surface area contributed by atoms with E-state index in [0.717, 1.165) is 5.56 Å². The SMILES string of the molecule is CN(C)Cc1cccc([C@H](N)C(F)(F)F)c1. The third-order valence-electron chi connectivity index (χ3n) is 2.16. The van der Waals surface area contributed by atoms with Crippen molar-refractivity contribution in [1.29, 1.82) is 0 Å². The first-order valence-electron chi connectivity index (χ1n) is 4.86. The zero-order valence-electron chi connectivity index (χ0n) is 9.25. The van der Waals surface area contributed by atoms with Crippen LogP contribution in [0.15, 0.2) is 24.3 Å². The zero-order chi connectivity index (χ0) is 12.3. The Bertz CT molecular complexity index is 347. The van der Waals surface area contributed by atoms with Gasteiger partial charge < -0.3 is 10.6 Å². The quantitative estimate of drug-likeness (QED) is 0.866. The first-order chi connectivity index (χ1) is 7.30. The summed E-state index contributed by atoms with van der Waals surface area (Å²) in [5.74, 6) is 0. The van der Waals surface area contributed by atoms with Crippen molar-refractivity contribution in [2.75, 3.05) is 14.1 Å². The average molecular weight is 232 g/mol. The van der Waals surface area contributed by atoms with Crippen molar-refractivity contribution in [1.82, 2.24) is 4.90 Å². The minimum atomic E-state index is -4.39. The minimum absolute atomic E-state index is 0.104. The molecule has 0 unspecified atom stereocenters. The maximum absolute atomic E-state index is 12.4. The molecule has 0 fully saturated rings. The van der Waals surface area contributed by atoms with E-state index in [9.17, 15) is 13.2 Å². The Hall–Kier alpha value is -1.07.